The number of piperidine rings is 1. The molecule has 7 heteroatoms. The Morgan fingerprint density at radius 1 is 1.24 bits per heavy atom. The summed E-state index contributed by atoms with van der Waals surface area (Å²) in [6.07, 6.45) is 3.39. The summed E-state index contributed by atoms with van der Waals surface area (Å²) in [5.41, 5.74) is 2.80. The van der Waals surface area contributed by atoms with Gasteiger partial charge in [0.05, 0.1) is 11.7 Å². The van der Waals surface area contributed by atoms with Gasteiger partial charge in [-0.15, -0.1) is 0 Å². The second-order valence-electron chi connectivity index (χ2n) is 6.24. The molecule has 0 saturated carbocycles. The topological polar surface area (TPSA) is 92.1 Å². The van der Waals surface area contributed by atoms with Crippen LogP contribution in [0.5, 0.6) is 0 Å². The van der Waals surface area contributed by atoms with Crippen LogP contribution in [0.3, 0.4) is 0 Å². The zero-order chi connectivity index (χ0) is 17.2. The largest absolute Gasteiger partial charge is 0.392 e. The van der Waals surface area contributed by atoms with E-state index >= 15 is 0 Å². The Balaban J connectivity index is 1.56. The number of imidazole rings is 1. The highest BCUT2D eigenvalue weighted by atomic mass is 16.3. The molecule has 2 aromatic heterocycles. The fourth-order valence-corrected chi connectivity index (χ4v) is 3.10. The summed E-state index contributed by atoms with van der Waals surface area (Å²) in [6.45, 7) is 1.22. The predicted octanol–water partition coefficient (Wildman–Crippen LogP) is 0.873. The molecule has 128 valence electrons. The van der Waals surface area contributed by atoms with Crippen molar-refractivity contribution >= 4 is 17.1 Å². The summed E-state index contributed by atoms with van der Waals surface area (Å²) in [5, 5.41) is 15.7. The number of hydrogen-bond donors (Lipinski definition) is 3. The highest BCUT2D eigenvalue weighted by Crippen LogP contribution is 2.17. The van der Waals surface area contributed by atoms with Gasteiger partial charge in [0.15, 0.2) is 5.65 Å². The third-order valence-corrected chi connectivity index (χ3v) is 4.35. The van der Waals surface area contributed by atoms with Gasteiger partial charge in [-0.2, -0.15) is 0 Å². The number of nitrogens with zero attached hydrogens (tertiary/aromatic N) is 3. The standard InChI is InChI=1S/C18H19N5O2/c24-15-7-13(9-19-10-15)22-18(25)12-6-16-17(20-8-12)23(11-21-16)14-4-2-1-3-5-14/h1-6,8,11,13,15,19,24H,7,9-10H2,(H,22,25)/t13-,15+/m0/s1. The number of β-amino-alcohol motifs (C(OH)–C–C–N with tert-alkyl or cyclic N) is 1. The van der Waals surface area contributed by atoms with E-state index in [1.54, 1.807) is 18.6 Å². The lowest BCUT2D eigenvalue weighted by molar-refractivity contribution is 0.0876. The number of aliphatic hydroxyl groups excluding tert-OH is 1. The molecule has 1 aliphatic rings. The molecular weight excluding hydrogens is 318 g/mol. The Labute approximate surface area is 144 Å². The third kappa shape index (κ3) is 3.24. The van der Waals surface area contributed by atoms with Crippen molar-refractivity contribution in [3.05, 3.63) is 54.5 Å². The Kier molecular flexibility index (Phi) is 4.17. The fraction of sp³-hybridized carbons (Fsp3) is 0.278. The summed E-state index contributed by atoms with van der Waals surface area (Å²) in [7, 11) is 0. The molecule has 3 N–H and O–H groups in total. The van der Waals surface area contributed by atoms with Gasteiger partial charge in [-0.1, -0.05) is 18.2 Å². The average Bonchev–Trinajstić information content (AvgIpc) is 3.05. The summed E-state index contributed by atoms with van der Waals surface area (Å²) >= 11 is 0. The molecule has 0 radical (unpaired) electrons. The van der Waals surface area contributed by atoms with Crippen LogP contribution >= 0.6 is 0 Å². The minimum Gasteiger partial charge on any atom is -0.392 e. The lowest BCUT2D eigenvalue weighted by atomic mass is 10.0. The molecule has 25 heavy (non-hydrogen) atoms. The SMILES string of the molecule is O=C(N[C@@H]1CNC[C@H](O)C1)c1cnc2c(c1)ncn2-c1ccccc1. The lowest BCUT2D eigenvalue weighted by Crippen LogP contribution is -2.50. The molecule has 0 bridgehead atoms. The third-order valence-electron chi connectivity index (χ3n) is 4.35. The number of nitrogens with one attached hydrogen (secondary N) is 2. The molecule has 1 fully saturated rings. The molecular formula is C18H19N5O2. The van der Waals surface area contributed by atoms with Gasteiger partial charge in [-0.3, -0.25) is 9.36 Å². The first-order chi connectivity index (χ1) is 12.2. The zero-order valence-corrected chi connectivity index (χ0v) is 13.6. The molecule has 2 atom stereocenters. The number of rotatable bonds is 3. The van der Waals surface area contributed by atoms with Crippen LogP contribution in [0.25, 0.3) is 16.9 Å². The van der Waals surface area contributed by atoms with Gasteiger partial charge in [0.1, 0.15) is 11.8 Å². The van der Waals surface area contributed by atoms with E-state index in [9.17, 15) is 9.90 Å². The quantitative estimate of drug-likeness (QED) is 0.660. The first kappa shape index (κ1) is 15.7. The van der Waals surface area contributed by atoms with Crippen LogP contribution in [0.2, 0.25) is 0 Å². The van der Waals surface area contributed by atoms with E-state index in [0.717, 1.165) is 5.69 Å². The highest BCUT2D eigenvalue weighted by Gasteiger charge is 2.22. The van der Waals surface area contributed by atoms with Crippen LogP contribution in [0.4, 0.5) is 0 Å². The van der Waals surface area contributed by atoms with Crippen molar-refractivity contribution in [2.24, 2.45) is 0 Å². The van der Waals surface area contributed by atoms with Crippen LogP contribution in [-0.4, -0.2) is 50.8 Å². The Bertz CT molecular complexity index is 893. The second kappa shape index (κ2) is 6.62. The normalized spacial score (nSPS) is 20.5. The van der Waals surface area contributed by atoms with Crippen LogP contribution in [0.1, 0.15) is 16.8 Å². The molecule has 0 aliphatic carbocycles. The summed E-state index contributed by atoms with van der Waals surface area (Å²) in [6, 6.07) is 11.5. The van der Waals surface area contributed by atoms with E-state index in [1.165, 1.54) is 0 Å². The number of fused-ring (bicyclic) bond motifs is 1. The van der Waals surface area contributed by atoms with Gasteiger partial charge < -0.3 is 15.7 Å². The van der Waals surface area contributed by atoms with Crippen molar-refractivity contribution in [2.45, 2.75) is 18.6 Å². The summed E-state index contributed by atoms with van der Waals surface area (Å²) < 4.78 is 1.89. The van der Waals surface area contributed by atoms with Crippen molar-refractivity contribution in [3.8, 4) is 5.69 Å². The van der Waals surface area contributed by atoms with E-state index in [1.807, 2.05) is 34.9 Å². The minimum absolute atomic E-state index is 0.0891. The molecule has 0 unspecified atom stereocenters. The van der Waals surface area contributed by atoms with E-state index in [4.69, 9.17) is 0 Å². The Morgan fingerprint density at radius 3 is 2.88 bits per heavy atom. The fourth-order valence-electron chi connectivity index (χ4n) is 3.10. The van der Waals surface area contributed by atoms with Gasteiger partial charge in [-0.05, 0) is 24.6 Å². The van der Waals surface area contributed by atoms with Crippen LogP contribution in [-0.2, 0) is 0 Å². The number of carbonyl (C=O) groups excluding carboxylic acids is 1. The summed E-state index contributed by atoms with van der Waals surface area (Å²) in [4.78, 5) is 21.2. The molecule has 4 rings (SSSR count). The predicted molar refractivity (Wildman–Crippen MR) is 93.6 cm³/mol. The average molecular weight is 337 g/mol. The smallest absolute Gasteiger partial charge is 0.253 e. The van der Waals surface area contributed by atoms with Crippen molar-refractivity contribution in [2.75, 3.05) is 13.1 Å². The zero-order valence-electron chi connectivity index (χ0n) is 13.6. The van der Waals surface area contributed by atoms with E-state index in [0.29, 0.717) is 36.2 Å². The van der Waals surface area contributed by atoms with Crippen LogP contribution in [0.15, 0.2) is 48.9 Å². The molecule has 3 heterocycles. The second-order valence-corrected chi connectivity index (χ2v) is 6.24. The Morgan fingerprint density at radius 2 is 2.08 bits per heavy atom. The highest BCUT2D eigenvalue weighted by molar-refractivity contribution is 5.96. The Hall–Kier alpha value is -2.77. The number of pyridine rings is 1. The number of carbonyl (C=O) groups is 1. The number of benzene rings is 1. The van der Waals surface area contributed by atoms with Crippen molar-refractivity contribution in [3.63, 3.8) is 0 Å². The first-order valence-corrected chi connectivity index (χ1v) is 8.29. The van der Waals surface area contributed by atoms with E-state index in [-0.39, 0.29) is 11.9 Å². The van der Waals surface area contributed by atoms with Crippen LogP contribution < -0.4 is 10.6 Å². The maximum Gasteiger partial charge on any atom is 0.253 e. The van der Waals surface area contributed by atoms with Crippen molar-refractivity contribution in [1.82, 2.24) is 25.2 Å². The summed E-state index contributed by atoms with van der Waals surface area (Å²) in [5.74, 6) is -0.204. The maximum atomic E-state index is 12.4. The van der Waals surface area contributed by atoms with Gasteiger partial charge >= 0.3 is 0 Å². The lowest BCUT2D eigenvalue weighted by Gasteiger charge is -2.27. The van der Waals surface area contributed by atoms with E-state index in [2.05, 4.69) is 20.6 Å². The number of para-hydroxylation sites is 1. The van der Waals surface area contributed by atoms with Crippen LogP contribution in [0, 0.1) is 0 Å². The molecule has 1 amide bonds. The molecule has 1 aromatic carbocycles. The maximum absolute atomic E-state index is 12.4. The number of aliphatic hydroxyl groups is 1. The minimum atomic E-state index is -0.429. The molecule has 1 aliphatic heterocycles. The van der Waals surface area contributed by atoms with Gasteiger partial charge in [0, 0.05) is 31.0 Å². The van der Waals surface area contributed by atoms with Gasteiger partial charge in [0.2, 0.25) is 0 Å². The van der Waals surface area contributed by atoms with Crippen molar-refractivity contribution < 1.29 is 9.90 Å². The first-order valence-electron chi connectivity index (χ1n) is 8.29. The van der Waals surface area contributed by atoms with Crippen molar-refractivity contribution in [1.29, 1.82) is 0 Å². The molecule has 0 spiro atoms. The van der Waals surface area contributed by atoms with Gasteiger partial charge in [-0.25, -0.2) is 9.97 Å². The number of aromatic nitrogens is 3. The molecule has 7 nitrogen and oxygen atoms in total. The van der Waals surface area contributed by atoms with Gasteiger partial charge in [0.25, 0.3) is 5.91 Å². The van der Waals surface area contributed by atoms with E-state index < -0.39 is 6.10 Å². The monoisotopic (exact) mass is 337 g/mol. The number of amides is 1. The molecule has 1 saturated heterocycles. The molecule has 3 aromatic rings. The number of hydrogen-bond acceptors (Lipinski definition) is 5.